The Balaban J connectivity index is 1.74. The highest BCUT2D eigenvalue weighted by Gasteiger charge is 2.16. The number of benzene rings is 1. The zero-order chi connectivity index (χ0) is 20.8. The highest BCUT2D eigenvalue weighted by molar-refractivity contribution is 7.09. The number of aromatic nitrogens is 2. The first-order valence-electron chi connectivity index (χ1n) is 9.50. The molecule has 0 spiro atoms. The topological polar surface area (TPSA) is 84.5 Å². The van der Waals surface area contributed by atoms with Crippen LogP contribution < -0.4 is 15.0 Å². The molecule has 0 aliphatic rings. The minimum atomic E-state index is -0.271. The fraction of sp³-hybridized carbons (Fsp3) is 0.381. The van der Waals surface area contributed by atoms with Gasteiger partial charge >= 0.3 is 0 Å². The van der Waals surface area contributed by atoms with Gasteiger partial charge in [-0.3, -0.25) is 9.59 Å². The van der Waals surface area contributed by atoms with Gasteiger partial charge in [0.05, 0.1) is 31.7 Å². The maximum atomic E-state index is 12.6. The van der Waals surface area contributed by atoms with Gasteiger partial charge in [0.2, 0.25) is 5.91 Å². The van der Waals surface area contributed by atoms with Crippen LogP contribution in [-0.2, 0) is 17.8 Å². The van der Waals surface area contributed by atoms with E-state index < -0.39 is 0 Å². The number of H-pyrrole nitrogens is 1. The molecule has 29 heavy (non-hydrogen) atoms. The summed E-state index contributed by atoms with van der Waals surface area (Å²) in [6.07, 6.45) is 2.16. The quantitative estimate of drug-likeness (QED) is 0.579. The fourth-order valence-corrected chi connectivity index (χ4v) is 3.92. The van der Waals surface area contributed by atoms with E-state index in [-0.39, 0.29) is 18.0 Å². The number of rotatable bonds is 9. The number of fused-ring (bicyclic) bond motifs is 1. The summed E-state index contributed by atoms with van der Waals surface area (Å²) in [4.78, 5) is 35.4. The minimum absolute atomic E-state index is 0.0547. The fourth-order valence-electron chi connectivity index (χ4n) is 3.17. The number of amides is 1. The first kappa shape index (κ1) is 20.9. The second-order valence-corrected chi connectivity index (χ2v) is 7.61. The van der Waals surface area contributed by atoms with Crippen LogP contribution in [-0.4, -0.2) is 41.5 Å². The van der Waals surface area contributed by atoms with Crippen molar-refractivity contribution in [3.63, 3.8) is 0 Å². The Labute approximate surface area is 173 Å². The summed E-state index contributed by atoms with van der Waals surface area (Å²) in [6, 6.07) is 7.38. The molecular formula is C21H25N3O4S. The lowest BCUT2D eigenvalue weighted by Crippen LogP contribution is -2.31. The Morgan fingerprint density at radius 1 is 1.24 bits per heavy atom. The molecule has 0 radical (unpaired) electrons. The van der Waals surface area contributed by atoms with Crippen molar-refractivity contribution in [3.8, 4) is 11.5 Å². The maximum Gasteiger partial charge on any atom is 0.258 e. The van der Waals surface area contributed by atoms with Crippen LogP contribution in [0, 0.1) is 0 Å². The van der Waals surface area contributed by atoms with Crippen molar-refractivity contribution in [1.82, 2.24) is 14.9 Å². The predicted octanol–water partition coefficient (Wildman–Crippen LogP) is 3.37. The zero-order valence-electron chi connectivity index (χ0n) is 16.9. The number of hydrogen-bond donors (Lipinski definition) is 1. The van der Waals surface area contributed by atoms with Crippen LogP contribution in [0.4, 0.5) is 0 Å². The maximum absolute atomic E-state index is 12.6. The van der Waals surface area contributed by atoms with Gasteiger partial charge in [0.1, 0.15) is 5.82 Å². The molecule has 2 aromatic heterocycles. The van der Waals surface area contributed by atoms with Crippen LogP contribution in [0.25, 0.3) is 10.9 Å². The first-order chi connectivity index (χ1) is 14.0. The molecule has 1 aromatic carbocycles. The van der Waals surface area contributed by atoms with Crippen molar-refractivity contribution in [1.29, 1.82) is 0 Å². The second-order valence-electron chi connectivity index (χ2n) is 6.58. The summed E-state index contributed by atoms with van der Waals surface area (Å²) in [5.41, 5.74) is 0.231. The van der Waals surface area contributed by atoms with Gasteiger partial charge in [-0.25, -0.2) is 4.98 Å². The van der Waals surface area contributed by atoms with Crippen LogP contribution in [0.3, 0.4) is 0 Å². The average molecular weight is 416 g/mol. The van der Waals surface area contributed by atoms with E-state index in [4.69, 9.17) is 9.47 Å². The van der Waals surface area contributed by atoms with Gasteiger partial charge in [0.15, 0.2) is 11.5 Å². The van der Waals surface area contributed by atoms with E-state index in [1.807, 2.05) is 18.4 Å². The number of aryl methyl sites for hydroxylation is 1. The smallest absolute Gasteiger partial charge is 0.258 e. The third-order valence-electron chi connectivity index (χ3n) is 4.73. The summed E-state index contributed by atoms with van der Waals surface area (Å²) in [6.45, 7) is 2.73. The molecule has 0 atom stereocenters. The highest BCUT2D eigenvalue weighted by Crippen LogP contribution is 2.30. The van der Waals surface area contributed by atoms with Gasteiger partial charge in [-0.05, 0) is 37.3 Å². The zero-order valence-corrected chi connectivity index (χ0v) is 17.7. The minimum Gasteiger partial charge on any atom is -0.493 e. The number of nitrogens with zero attached hydrogens (tertiary/aromatic N) is 2. The molecule has 7 nitrogen and oxygen atoms in total. The van der Waals surface area contributed by atoms with Crippen LogP contribution in [0.2, 0.25) is 0 Å². The summed E-state index contributed by atoms with van der Waals surface area (Å²) in [5.74, 6) is 1.47. The normalized spacial score (nSPS) is 10.9. The third kappa shape index (κ3) is 4.95. The van der Waals surface area contributed by atoms with Crippen molar-refractivity contribution < 1.29 is 14.3 Å². The van der Waals surface area contributed by atoms with Crippen molar-refractivity contribution in [2.75, 3.05) is 20.8 Å². The third-order valence-corrected chi connectivity index (χ3v) is 5.66. The molecule has 1 N–H and O–H groups in total. The molecule has 0 aliphatic heterocycles. The number of aromatic amines is 1. The average Bonchev–Trinajstić information content (AvgIpc) is 3.24. The Hall–Kier alpha value is -2.87. The summed E-state index contributed by atoms with van der Waals surface area (Å²) >= 11 is 1.71. The van der Waals surface area contributed by atoms with E-state index in [1.165, 1.54) is 19.1 Å². The Morgan fingerprint density at radius 3 is 2.66 bits per heavy atom. The molecule has 154 valence electrons. The molecule has 0 saturated carbocycles. The number of ether oxygens (including phenoxy) is 2. The van der Waals surface area contributed by atoms with Gasteiger partial charge in [0, 0.05) is 23.9 Å². The SMILES string of the molecule is CCN(Cc1nc2cc(OC)c(OC)cc2c(=O)[nH]1)C(=O)CCCc1cccs1. The number of thiophene rings is 1. The molecule has 3 rings (SSSR count). The molecular weight excluding hydrogens is 390 g/mol. The van der Waals surface area contributed by atoms with Crippen LogP contribution >= 0.6 is 11.3 Å². The van der Waals surface area contributed by atoms with Crippen LogP contribution in [0.1, 0.15) is 30.5 Å². The predicted molar refractivity (Wildman–Crippen MR) is 114 cm³/mol. The molecule has 1 amide bonds. The van der Waals surface area contributed by atoms with Gasteiger partial charge < -0.3 is 19.4 Å². The molecule has 8 heteroatoms. The standard InChI is InChI=1S/C21H25N3O4S/c1-4-24(20(25)9-5-7-14-8-6-10-29-14)13-19-22-16-12-18(28-3)17(27-2)11-15(16)21(26)23-19/h6,8,10-12H,4-5,7,9,13H2,1-3H3,(H,22,23,26). The monoisotopic (exact) mass is 415 g/mol. The van der Waals surface area contributed by atoms with Gasteiger partial charge in [0.25, 0.3) is 5.56 Å². The molecule has 0 saturated heterocycles. The largest absolute Gasteiger partial charge is 0.493 e. The van der Waals surface area contributed by atoms with E-state index >= 15 is 0 Å². The Bertz CT molecular complexity index is 1030. The van der Waals surface area contributed by atoms with Crippen LogP contribution in [0.15, 0.2) is 34.4 Å². The van der Waals surface area contributed by atoms with Crippen molar-refractivity contribution in [2.45, 2.75) is 32.7 Å². The van der Waals surface area contributed by atoms with Gasteiger partial charge in [-0.2, -0.15) is 0 Å². The van der Waals surface area contributed by atoms with E-state index in [0.717, 1.165) is 12.8 Å². The molecule has 3 aromatic rings. The molecule has 0 aliphatic carbocycles. The van der Waals surface area contributed by atoms with Crippen LogP contribution in [0.5, 0.6) is 11.5 Å². The lowest BCUT2D eigenvalue weighted by Gasteiger charge is -2.20. The highest BCUT2D eigenvalue weighted by atomic mass is 32.1. The number of hydrogen-bond acceptors (Lipinski definition) is 6. The van der Waals surface area contributed by atoms with E-state index in [9.17, 15) is 9.59 Å². The number of methoxy groups -OCH3 is 2. The molecule has 2 heterocycles. The van der Waals surface area contributed by atoms with Crippen molar-refractivity contribution >= 4 is 28.1 Å². The molecule has 0 fully saturated rings. The summed E-state index contributed by atoms with van der Waals surface area (Å²) in [5, 5.41) is 2.46. The number of carbonyl (C=O) groups excluding carboxylic acids is 1. The Kier molecular flexibility index (Phi) is 6.87. The summed E-state index contributed by atoms with van der Waals surface area (Å²) in [7, 11) is 3.05. The Morgan fingerprint density at radius 2 is 2.00 bits per heavy atom. The second kappa shape index (κ2) is 9.56. The number of carbonyl (C=O) groups is 1. The van der Waals surface area contributed by atoms with E-state index in [2.05, 4.69) is 16.0 Å². The van der Waals surface area contributed by atoms with E-state index in [1.54, 1.807) is 28.4 Å². The first-order valence-corrected chi connectivity index (χ1v) is 10.4. The van der Waals surface area contributed by atoms with Crippen molar-refractivity contribution in [2.24, 2.45) is 0 Å². The van der Waals surface area contributed by atoms with Gasteiger partial charge in [-0.15, -0.1) is 11.3 Å². The lowest BCUT2D eigenvalue weighted by atomic mass is 10.2. The summed E-state index contributed by atoms with van der Waals surface area (Å²) < 4.78 is 10.5. The van der Waals surface area contributed by atoms with Gasteiger partial charge in [-0.1, -0.05) is 6.07 Å². The number of nitrogens with one attached hydrogen (secondary N) is 1. The molecule has 0 unspecified atom stereocenters. The molecule has 0 bridgehead atoms. The van der Waals surface area contributed by atoms with E-state index in [0.29, 0.717) is 41.2 Å². The van der Waals surface area contributed by atoms with Crippen molar-refractivity contribution in [3.05, 3.63) is 50.7 Å². The lowest BCUT2D eigenvalue weighted by molar-refractivity contribution is -0.131.